The molecule has 6 heteroatoms. The van der Waals surface area contributed by atoms with E-state index in [1.807, 2.05) is 0 Å². The van der Waals surface area contributed by atoms with Gasteiger partial charge in [-0.25, -0.2) is 9.59 Å². The molecule has 1 atom stereocenters. The number of amides is 3. The summed E-state index contributed by atoms with van der Waals surface area (Å²) in [4.78, 5) is 38.1. The SMILES string of the molecule is CCCCCC1NC(=O)N(OC(C)=O)C1=O. The summed E-state index contributed by atoms with van der Waals surface area (Å²) in [5.74, 6) is -1.17. The predicted octanol–water partition coefficient (Wildman–Crippen LogP) is 0.965. The van der Waals surface area contributed by atoms with Crippen LogP contribution in [0.1, 0.15) is 39.5 Å². The Balaban J connectivity index is 2.49. The molecule has 1 aliphatic rings. The molecule has 1 fully saturated rings. The summed E-state index contributed by atoms with van der Waals surface area (Å²) in [7, 11) is 0. The maximum atomic E-state index is 11.6. The summed E-state index contributed by atoms with van der Waals surface area (Å²) in [5.41, 5.74) is 0. The Labute approximate surface area is 93.9 Å². The first kappa shape index (κ1) is 12.5. The monoisotopic (exact) mass is 228 g/mol. The van der Waals surface area contributed by atoms with E-state index < -0.39 is 23.9 Å². The average Bonchev–Trinajstić information content (AvgIpc) is 2.46. The number of hydrogen-bond donors (Lipinski definition) is 1. The number of urea groups is 1. The minimum Gasteiger partial charge on any atom is -0.329 e. The van der Waals surface area contributed by atoms with Gasteiger partial charge in [-0.1, -0.05) is 31.2 Å². The van der Waals surface area contributed by atoms with E-state index in [1.54, 1.807) is 0 Å². The molecule has 1 unspecified atom stereocenters. The number of carbonyl (C=O) groups is 3. The Morgan fingerprint density at radius 3 is 2.69 bits per heavy atom. The highest BCUT2D eigenvalue weighted by Gasteiger charge is 2.40. The summed E-state index contributed by atoms with van der Waals surface area (Å²) in [5, 5.41) is 2.98. The molecule has 1 aliphatic heterocycles. The van der Waals surface area contributed by atoms with Crippen LogP contribution in [0.5, 0.6) is 0 Å². The van der Waals surface area contributed by atoms with Gasteiger partial charge >= 0.3 is 12.0 Å². The van der Waals surface area contributed by atoms with Gasteiger partial charge in [0, 0.05) is 6.92 Å². The summed E-state index contributed by atoms with van der Waals surface area (Å²) in [6.45, 7) is 3.20. The van der Waals surface area contributed by atoms with Crippen molar-refractivity contribution in [1.82, 2.24) is 10.4 Å². The molecule has 1 heterocycles. The van der Waals surface area contributed by atoms with Gasteiger partial charge in [-0.3, -0.25) is 4.79 Å². The molecule has 1 N–H and O–H groups in total. The minimum absolute atomic E-state index is 0.490. The smallest absolute Gasteiger partial charge is 0.329 e. The van der Waals surface area contributed by atoms with E-state index >= 15 is 0 Å². The molecular formula is C10H16N2O4. The van der Waals surface area contributed by atoms with E-state index in [2.05, 4.69) is 17.1 Å². The van der Waals surface area contributed by atoms with Crippen molar-refractivity contribution in [1.29, 1.82) is 0 Å². The van der Waals surface area contributed by atoms with Crippen LogP contribution in [-0.2, 0) is 14.4 Å². The van der Waals surface area contributed by atoms with Gasteiger partial charge in [0.1, 0.15) is 6.04 Å². The molecule has 0 saturated carbocycles. The lowest BCUT2D eigenvalue weighted by Crippen LogP contribution is -2.33. The van der Waals surface area contributed by atoms with E-state index in [9.17, 15) is 14.4 Å². The number of imide groups is 1. The fourth-order valence-corrected chi connectivity index (χ4v) is 1.52. The first-order valence-electron chi connectivity index (χ1n) is 5.39. The highest BCUT2D eigenvalue weighted by atomic mass is 16.7. The van der Waals surface area contributed by atoms with Gasteiger partial charge in [-0.05, 0) is 6.42 Å². The van der Waals surface area contributed by atoms with Gasteiger partial charge in [0.15, 0.2) is 0 Å². The molecule has 3 amide bonds. The summed E-state index contributed by atoms with van der Waals surface area (Å²) < 4.78 is 0. The lowest BCUT2D eigenvalue weighted by Gasteiger charge is -2.10. The third-order valence-electron chi connectivity index (χ3n) is 2.30. The van der Waals surface area contributed by atoms with Crippen LogP contribution in [0.4, 0.5) is 4.79 Å². The number of carbonyl (C=O) groups excluding carboxylic acids is 3. The van der Waals surface area contributed by atoms with E-state index in [4.69, 9.17) is 0 Å². The lowest BCUT2D eigenvalue weighted by atomic mass is 10.1. The van der Waals surface area contributed by atoms with Gasteiger partial charge < -0.3 is 10.2 Å². The van der Waals surface area contributed by atoms with Crippen LogP contribution in [0.15, 0.2) is 0 Å². The van der Waals surface area contributed by atoms with Crippen LogP contribution in [-0.4, -0.2) is 29.0 Å². The number of rotatable bonds is 5. The molecule has 0 bridgehead atoms. The molecular weight excluding hydrogens is 212 g/mol. The molecule has 0 aliphatic carbocycles. The van der Waals surface area contributed by atoms with Crippen LogP contribution in [0.3, 0.4) is 0 Å². The Bertz CT molecular complexity index is 303. The molecule has 0 radical (unpaired) electrons. The molecule has 0 aromatic carbocycles. The maximum absolute atomic E-state index is 11.6. The second kappa shape index (κ2) is 5.48. The number of hydroxylamine groups is 2. The van der Waals surface area contributed by atoms with E-state index in [0.717, 1.165) is 26.2 Å². The van der Waals surface area contributed by atoms with Crippen molar-refractivity contribution in [3.05, 3.63) is 0 Å². The Morgan fingerprint density at radius 2 is 2.12 bits per heavy atom. The van der Waals surface area contributed by atoms with Crippen LogP contribution < -0.4 is 5.32 Å². The first-order valence-corrected chi connectivity index (χ1v) is 5.39. The van der Waals surface area contributed by atoms with Crippen molar-refractivity contribution in [2.75, 3.05) is 0 Å². The molecule has 16 heavy (non-hydrogen) atoms. The van der Waals surface area contributed by atoms with Crippen molar-refractivity contribution in [2.24, 2.45) is 0 Å². The van der Waals surface area contributed by atoms with Crippen LogP contribution in [0.25, 0.3) is 0 Å². The fraction of sp³-hybridized carbons (Fsp3) is 0.700. The van der Waals surface area contributed by atoms with Crippen LogP contribution in [0.2, 0.25) is 0 Å². The van der Waals surface area contributed by atoms with Gasteiger partial charge in [-0.15, -0.1) is 0 Å². The van der Waals surface area contributed by atoms with Crippen LogP contribution >= 0.6 is 0 Å². The first-order chi connectivity index (χ1) is 7.56. The molecule has 1 saturated heterocycles. The van der Waals surface area contributed by atoms with Gasteiger partial charge in [-0.2, -0.15) is 0 Å². The van der Waals surface area contributed by atoms with Crippen LogP contribution in [0, 0.1) is 0 Å². The van der Waals surface area contributed by atoms with E-state index in [-0.39, 0.29) is 0 Å². The fourth-order valence-electron chi connectivity index (χ4n) is 1.52. The second-order valence-corrected chi connectivity index (χ2v) is 3.71. The third-order valence-corrected chi connectivity index (χ3v) is 2.30. The zero-order chi connectivity index (χ0) is 12.1. The second-order valence-electron chi connectivity index (χ2n) is 3.71. The van der Waals surface area contributed by atoms with Gasteiger partial charge in [0.2, 0.25) is 0 Å². The van der Waals surface area contributed by atoms with E-state index in [0.29, 0.717) is 11.5 Å². The zero-order valence-corrected chi connectivity index (χ0v) is 9.49. The average molecular weight is 228 g/mol. The predicted molar refractivity (Wildman–Crippen MR) is 55.1 cm³/mol. The number of unbranched alkanes of at least 4 members (excludes halogenated alkanes) is 2. The van der Waals surface area contributed by atoms with Crippen molar-refractivity contribution in [3.8, 4) is 0 Å². The Kier molecular flexibility index (Phi) is 4.28. The normalized spacial score (nSPS) is 19.9. The Hall–Kier alpha value is -1.59. The van der Waals surface area contributed by atoms with E-state index in [1.165, 1.54) is 0 Å². The summed E-state index contributed by atoms with van der Waals surface area (Å²) in [6.07, 6.45) is 3.49. The topological polar surface area (TPSA) is 75.7 Å². The molecule has 6 nitrogen and oxygen atoms in total. The third kappa shape index (κ3) is 2.95. The minimum atomic E-state index is -0.683. The van der Waals surface area contributed by atoms with Crippen molar-refractivity contribution in [2.45, 2.75) is 45.6 Å². The van der Waals surface area contributed by atoms with Crippen molar-refractivity contribution in [3.63, 3.8) is 0 Å². The highest BCUT2D eigenvalue weighted by molar-refractivity contribution is 6.03. The number of nitrogens with zero attached hydrogens (tertiary/aromatic N) is 1. The molecule has 1 rings (SSSR count). The molecule has 0 aromatic rings. The zero-order valence-electron chi connectivity index (χ0n) is 9.49. The summed E-state index contributed by atoms with van der Waals surface area (Å²) >= 11 is 0. The number of nitrogens with one attached hydrogen (secondary N) is 1. The number of hydrogen-bond acceptors (Lipinski definition) is 4. The quantitative estimate of drug-likeness (QED) is 0.562. The van der Waals surface area contributed by atoms with Crippen molar-refractivity contribution >= 4 is 17.9 Å². The lowest BCUT2D eigenvalue weighted by molar-refractivity contribution is -0.180. The standard InChI is InChI=1S/C10H16N2O4/c1-3-4-5-6-8-9(14)12(10(15)11-8)16-7(2)13/h8H,3-6H2,1-2H3,(H,11,15). The maximum Gasteiger partial charge on any atom is 0.359 e. The van der Waals surface area contributed by atoms with Gasteiger partial charge in [0.05, 0.1) is 0 Å². The van der Waals surface area contributed by atoms with Crippen molar-refractivity contribution < 1.29 is 19.2 Å². The summed E-state index contributed by atoms with van der Waals surface area (Å²) in [6, 6.07) is -1.22. The Morgan fingerprint density at radius 1 is 1.44 bits per heavy atom. The molecule has 90 valence electrons. The highest BCUT2D eigenvalue weighted by Crippen LogP contribution is 2.13. The molecule has 0 spiro atoms. The largest absolute Gasteiger partial charge is 0.359 e. The molecule has 0 aromatic heterocycles. The van der Waals surface area contributed by atoms with Gasteiger partial charge in [0.25, 0.3) is 5.91 Å².